The number of fused-ring (bicyclic) bond motifs is 1. The van der Waals surface area contributed by atoms with Crippen LogP contribution in [0.5, 0.6) is 0 Å². The summed E-state index contributed by atoms with van der Waals surface area (Å²) in [5.74, 6) is 0.704. The van der Waals surface area contributed by atoms with E-state index in [0.29, 0.717) is 23.0 Å². The number of anilines is 1. The van der Waals surface area contributed by atoms with Crippen molar-refractivity contribution >= 4 is 15.5 Å². The Morgan fingerprint density at radius 3 is 2.57 bits per heavy atom. The van der Waals surface area contributed by atoms with Gasteiger partial charge in [-0.15, -0.1) is 0 Å². The van der Waals surface area contributed by atoms with Gasteiger partial charge in [0, 0.05) is 29.7 Å². The van der Waals surface area contributed by atoms with E-state index in [1.807, 2.05) is 12.1 Å². The molecule has 0 bridgehead atoms. The fourth-order valence-electron chi connectivity index (χ4n) is 3.72. The predicted molar refractivity (Wildman–Crippen MR) is 83.2 cm³/mol. The molecule has 0 radical (unpaired) electrons. The van der Waals surface area contributed by atoms with Crippen molar-refractivity contribution < 1.29 is 13.2 Å². The van der Waals surface area contributed by atoms with Crippen molar-refractivity contribution in [3.8, 4) is 0 Å². The van der Waals surface area contributed by atoms with E-state index in [-0.39, 0.29) is 11.2 Å². The summed E-state index contributed by atoms with van der Waals surface area (Å²) in [5, 5.41) is 3.56. The number of nitrogens with one attached hydrogen (secondary N) is 1. The Balaban J connectivity index is 1.74. The lowest BCUT2D eigenvalue weighted by molar-refractivity contribution is -0.0923. The first kappa shape index (κ1) is 14.9. The molecule has 116 valence electrons. The van der Waals surface area contributed by atoms with Crippen molar-refractivity contribution in [2.45, 2.75) is 44.2 Å². The Labute approximate surface area is 126 Å². The monoisotopic (exact) mass is 309 g/mol. The summed E-state index contributed by atoms with van der Waals surface area (Å²) in [6.07, 6.45) is 1.46. The van der Waals surface area contributed by atoms with Crippen LogP contribution in [-0.4, -0.2) is 32.9 Å². The van der Waals surface area contributed by atoms with Crippen molar-refractivity contribution in [1.82, 2.24) is 0 Å². The minimum atomic E-state index is -3.12. The molecular formula is C16H23NO3S. The highest BCUT2D eigenvalue weighted by Gasteiger charge is 2.59. The van der Waals surface area contributed by atoms with Crippen molar-refractivity contribution in [2.24, 2.45) is 11.3 Å². The number of ether oxygens (including phenoxy) is 1. The zero-order chi connectivity index (χ0) is 15.3. The lowest BCUT2D eigenvalue weighted by atomic mass is 9.57. The quantitative estimate of drug-likeness (QED) is 0.929. The third-order valence-electron chi connectivity index (χ3n) is 5.02. The molecular weight excluding hydrogens is 286 g/mol. The summed E-state index contributed by atoms with van der Waals surface area (Å²) < 4.78 is 29.4. The van der Waals surface area contributed by atoms with E-state index in [4.69, 9.17) is 4.74 Å². The van der Waals surface area contributed by atoms with Crippen LogP contribution in [-0.2, 0) is 14.6 Å². The number of sulfone groups is 1. The zero-order valence-corrected chi connectivity index (χ0v) is 13.6. The van der Waals surface area contributed by atoms with Gasteiger partial charge in [-0.25, -0.2) is 8.42 Å². The molecule has 5 heteroatoms. The second-order valence-corrected chi connectivity index (χ2v) is 8.89. The van der Waals surface area contributed by atoms with Gasteiger partial charge in [-0.3, -0.25) is 0 Å². The molecule has 1 N–H and O–H groups in total. The van der Waals surface area contributed by atoms with Crippen LogP contribution in [0.4, 0.5) is 5.69 Å². The zero-order valence-electron chi connectivity index (χ0n) is 12.8. The van der Waals surface area contributed by atoms with Crippen LogP contribution >= 0.6 is 0 Å². The summed E-state index contributed by atoms with van der Waals surface area (Å²) in [6, 6.07) is 7.49. The maximum Gasteiger partial charge on any atom is 0.178 e. The van der Waals surface area contributed by atoms with Crippen LogP contribution in [0.3, 0.4) is 0 Å². The summed E-state index contributed by atoms with van der Waals surface area (Å²) in [5.41, 5.74) is 1.10. The first-order valence-electron chi connectivity index (χ1n) is 7.57. The minimum Gasteiger partial charge on any atom is -0.381 e. The van der Waals surface area contributed by atoms with Crippen LogP contribution < -0.4 is 5.32 Å². The normalized spacial score (nSPS) is 30.5. The maximum atomic E-state index is 11.8. The van der Waals surface area contributed by atoms with Crippen LogP contribution in [0.15, 0.2) is 29.2 Å². The van der Waals surface area contributed by atoms with E-state index in [2.05, 4.69) is 19.2 Å². The number of rotatable bonds is 4. The third-order valence-corrected chi connectivity index (χ3v) is 6.77. The lowest BCUT2D eigenvalue weighted by Crippen LogP contribution is -2.63. The largest absolute Gasteiger partial charge is 0.381 e. The summed E-state index contributed by atoms with van der Waals surface area (Å²) >= 11 is 0. The maximum absolute atomic E-state index is 11.8. The van der Waals surface area contributed by atoms with Gasteiger partial charge in [0.25, 0.3) is 0 Å². The molecule has 3 unspecified atom stereocenters. The van der Waals surface area contributed by atoms with Gasteiger partial charge in [-0.2, -0.15) is 0 Å². The van der Waals surface area contributed by atoms with Crippen LogP contribution in [0.1, 0.15) is 27.2 Å². The SMILES string of the molecule is CCS(=O)(=O)c1ccc(NC2C3CCOC3C2(C)C)cc1. The molecule has 1 aliphatic heterocycles. The molecule has 3 rings (SSSR count). The Bertz CT molecular complexity index is 621. The number of hydrogen-bond donors (Lipinski definition) is 1. The summed E-state index contributed by atoms with van der Waals surface area (Å²) in [4.78, 5) is 0.394. The molecule has 1 saturated carbocycles. The molecule has 21 heavy (non-hydrogen) atoms. The standard InChI is InChI=1S/C16H23NO3S/c1-4-21(18,19)12-7-5-11(6-8-12)17-14-13-9-10-20-15(13)16(14,2)3/h5-8,13-15,17H,4,9-10H2,1-3H3. The summed E-state index contributed by atoms with van der Waals surface area (Å²) in [7, 11) is -3.12. The molecule has 1 aromatic carbocycles. The Kier molecular flexibility index (Phi) is 3.53. The highest BCUT2D eigenvalue weighted by Crippen LogP contribution is 2.53. The predicted octanol–water partition coefficient (Wildman–Crippen LogP) is 2.71. The van der Waals surface area contributed by atoms with E-state index in [1.54, 1.807) is 19.1 Å². The molecule has 0 spiro atoms. The van der Waals surface area contributed by atoms with E-state index in [1.165, 1.54) is 0 Å². The van der Waals surface area contributed by atoms with Gasteiger partial charge < -0.3 is 10.1 Å². The highest BCUT2D eigenvalue weighted by molar-refractivity contribution is 7.91. The average molecular weight is 309 g/mol. The first-order valence-corrected chi connectivity index (χ1v) is 9.22. The van der Waals surface area contributed by atoms with Crippen molar-refractivity contribution in [3.63, 3.8) is 0 Å². The van der Waals surface area contributed by atoms with Gasteiger partial charge in [-0.05, 0) is 30.7 Å². The fraction of sp³-hybridized carbons (Fsp3) is 0.625. The van der Waals surface area contributed by atoms with E-state index >= 15 is 0 Å². The Morgan fingerprint density at radius 1 is 1.29 bits per heavy atom. The Hall–Kier alpha value is -1.07. The van der Waals surface area contributed by atoms with Gasteiger partial charge in [0.05, 0.1) is 16.8 Å². The smallest absolute Gasteiger partial charge is 0.178 e. The molecule has 1 saturated heterocycles. The lowest BCUT2D eigenvalue weighted by Gasteiger charge is -2.55. The van der Waals surface area contributed by atoms with Gasteiger partial charge in [-0.1, -0.05) is 20.8 Å². The first-order chi connectivity index (χ1) is 9.86. The van der Waals surface area contributed by atoms with Crippen LogP contribution in [0.25, 0.3) is 0 Å². The van der Waals surface area contributed by atoms with Crippen molar-refractivity contribution in [3.05, 3.63) is 24.3 Å². The van der Waals surface area contributed by atoms with E-state index in [0.717, 1.165) is 18.7 Å². The molecule has 0 aromatic heterocycles. The topological polar surface area (TPSA) is 55.4 Å². The molecule has 1 heterocycles. The second kappa shape index (κ2) is 4.99. The molecule has 3 atom stereocenters. The summed E-state index contributed by atoms with van der Waals surface area (Å²) in [6.45, 7) is 6.98. The molecule has 2 fully saturated rings. The fourth-order valence-corrected chi connectivity index (χ4v) is 4.61. The van der Waals surface area contributed by atoms with E-state index < -0.39 is 9.84 Å². The van der Waals surface area contributed by atoms with Crippen molar-refractivity contribution in [1.29, 1.82) is 0 Å². The molecule has 4 nitrogen and oxygen atoms in total. The molecule has 1 aromatic rings. The molecule has 2 aliphatic rings. The van der Waals surface area contributed by atoms with Crippen LogP contribution in [0.2, 0.25) is 0 Å². The van der Waals surface area contributed by atoms with Crippen molar-refractivity contribution in [2.75, 3.05) is 17.7 Å². The Morgan fingerprint density at radius 2 is 1.95 bits per heavy atom. The highest BCUT2D eigenvalue weighted by atomic mass is 32.2. The molecule has 0 amide bonds. The average Bonchev–Trinajstić information content (AvgIpc) is 2.92. The van der Waals surface area contributed by atoms with E-state index in [9.17, 15) is 8.42 Å². The number of benzene rings is 1. The minimum absolute atomic E-state index is 0.120. The van der Waals surface area contributed by atoms with Crippen LogP contribution in [0, 0.1) is 11.3 Å². The van der Waals surface area contributed by atoms with Gasteiger partial charge in [0.1, 0.15) is 0 Å². The van der Waals surface area contributed by atoms with Gasteiger partial charge in [0.2, 0.25) is 0 Å². The second-order valence-electron chi connectivity index (χ2n) is 6.62. The number of hydrogen-bond acceptors (Lipinski definition) is 4. The molecule has 1 aliphatic carbocycles. The van der Waals surface area contributed by atoms with Gasteiger partial charge in [0.15, 0.2) is 9.84 Å². The third kappa shape index (κ3) is 2.36. The van der Waals surface area contributed by atoms with Gasteiger partial charge >= 0.3 is 0 Å².